The number of fused-ring (bicyclic) bond motifs is 1. The molecule has 0 unspecified atom stereocenters. The Hall–Kier alpha value is -2.70. The quantitative estimate of drug-likeness (QED) is 0.230. The van der Waals surface area contributed by atoms with Crippen LogP contribution in [-0.4, -0.2) is 76.8 Å². The minimum absolute atomic E-state index is 0.0395. The van der Waals surface area contributed by atoms with E-state index in [1.54, 1.807) is 30.5 Å². The van der Waals surface area contributed by atoms with Crippen molar-refractivity contribution in [2.24, 2.45) is 0 Å². The van der Waals surface area contributed by atoms with Crippen LogP contribution in [0.15, 0.2) is 35.3 Å². The predicted octanol–water partition coefficient (Wildman–Crippen LogP) is 6.01. The maximum Gasteiger partial charge on any atom is 0.350 e. The third-order valence-corrected chi connectivity index (χ3v) is 20.7. The van der Waals surface area contributed by atoms with Crippen LogP contribution in [0.5, 0.6) is 11.5 Å². The van der Waals surface area contributed by atoms with Gasteiger partial charge in [0.1, 0.15) is 34.4 Å². The molecule has 1 amide bonds. The third kappa shape index (κ3) is 7.34. The summed E-state index contributed by atoms with van der Waals surface area (Å²) in [6, 6.07) is 6.40. The first kappa shape index (κ1) is 37.1. The SMILES string of the molecule is COc1ccc(C(=O)O[C@@H]2[C@@H]3O[Si](C(C)C)(C(C)C)O[Si](C(C)C)(C(C)C)OC[C@H]3S[C@H]2n2ccc(NC(C)=O)nc2=O)c(OC)c1. The zero-order valence-corrected chi connectivity index (χ0v) is 32.0. The first-order valence-corrected chi connectivity index (χ1v) is 21.0. The number of methoxy groups -OCH3 is 2. The number of anilines is 1. The molecule has 1 N–H and O–H groups in total. The highest BCUT2D eigenvalue weighted by Gasteiger charge is 2.62. The van der Waals surface area contributed by atoms with Gasteiger partial charge in [-0.2, -0.15) is 4.98 Å². The van der Waals surface area contributed by atoms with Crippen molar-refractivity contribution in [2.75, 3.05) is 26.1 Å². The molecule has 15 heteroatoms. The molecule has 0 aliphatic carbocycles. The number of nitrogens with zero attached hydrogens (tertiary/aromatic N) is 2. The van der Waals surface area contributed by atoms with Gasteiger partial charge in [-0.15, -0.1) is 11.8 Å². The Morgan fingerprint density at radius 3 is 2.15 bits per heavy atom. The lowest BCUT2D eigenvalue weighted by atomic mass is 10.1. The lowest BCUT2D eigenvalue weighted by Crippen LogP contribution is -2.65. The van der Waals surface area contributed by atoms with E-state index < -0.39 is 46.4 Å². The fourth-order valence-electron chi connectivity index (χ4n) is 6.48. The number of hydrogen-bond acceptors (Lipinski definition) is 11. The Labute approximate surface area is 283 Å². The van der Waals surface area contributed by atoms with Crippen molar-refractivity contribution >= 4 is 46.6 Å². The second kappa shape index (κ2) is 14.8. The standard InChI is InChI=1S/C32H49N3O9SSi2/c1-18(2)46(19(3)4)41-17-26-28(43-47(44-46,20(5)6)21(7)8)29(42-31(37)24-13-12-23(39-10)16-25(24)40-11)30(45-26)35-15-14-27(33-22(9)36)34-32(35)38/h12-16,18-21,26,28-30H,17H2,1-11H3,(H,33,34,36,38)/t26-,28-,29-,30-/m1/s1. The van der Waals surface area contributed by atoms with Crippen LogP contribution in [0.2, 0.25) is 22.2 Å². The van der Waals surface area contributed by atoms with Crippen LogP contribution in [0.25, 0.3) is 0 Å². The highest BCUT2D eigenvalue weighted by molar-refractivity contribution is 8.00. The van der Waals surface area contributed by atoms with E-state index in [1.165, 1.54) is 37.5 Å². The van der Waals surface area contributed by atoms with E-state index >= 15 is 0 Å². The largest absolute Gasteiger partial charge is 0.497 e. The van der Waals surface area contributed by atoms with Gasteiger partial charge in [0.05, 0.1) is 26.1 Å². The number of carbonyl (C=O) groups is 2. The number of aromatic nitrogens is 2. The summed E-state index contributed by atoms with van der Waals surface area (Å²) >= 11 is 1.46. The maximum atomic E-state index is 14.0. The molecule has 1 aromatic carbocycles. The maximum absolute atomic E-state index is 14.0. The smallest absolute Gasteiger partial charge is 0.350 e. The second-order valence-electron chi connectivity index (χ2n) is 13.2. The summed E-state index contributed by atoms with van der Waals surface area (Å²) in [5.41, 5.74) is -0.0208. The first-order valence-electron chi connectivity index (χ1n) is 16.1. The van der Waals surface area contributed by atoms with Gasteiger partial charge in [-0.1, -0.05) is 55.4 Å². The second-order valence-corrected chi connectivity index (χ2v) is 23.4. The summed E-state index contributed by atoms with van der Waals surface area (Å²) in [4.78, 5) is 43.2. The Balaban J connectivity index is 1.86. The molecule has 12 nitrogen and oxygen atoms in total. The van der Waals surface area contributed by atoms with Crippen molar-refractivity contribution in [1.82, 2.24) is 9.55 Å². The molecule has 2 fully saturated rings. The van der Waals surface area contributed by atoms with Gasteiger partial charge >= 0.3 is 28.8 Å². The molecule has 2 aromatic rings. The zero-order valence-electron chi connectivity index (χ0n) is 29.2. The zero-order chi connectivity index (χ0) is 34.8. The number of nitrogens with one attached hydrogen (secondary N) is 1. The summed E-state index contributed by atoms with van der Waals surface area (Å²) in [6.45, 7) is 18.8. The molecule has 4 atom stereocenters. The summed E-state index contributed by atoms with van der Waals surface area (Å²) in [7, 11) is -2.94. The number of benzene rings is 1. The van der Waals surface area contributed by atoms with E-state index in [4.69, 9.17) is 27.2 Å². The van der Waals surface area contributed by atoms with Crippen molar-refractivity contribution < 1.29 is 36.8 Å². The molecule has 0 radical (unpaired) electrons. The molecule has 2 aliphatic heterocycles. The van der Waals surface area contributed by atoms with Crippen LogP contribution in [0, 0.1) is 0 Å². The molecule has 4 rings (SSSR count). The number of hydrogen-bond donors (Lipinski definition) is 1. The van der Waals surface area contributed by atoms with Gasteiger partial charge in [-0.05, 0) is 40.4 Å². The topological polar surface area (TPSA) is 136 Å². The first-order chi connectivity index (χ1) is 22.1. The normalized spacial score (nSPS) is 23.7. The molecule has 47 heavy (non-hydrogen) atoms. The lowest BCUT2D eigenvalue weighted by Gasteiger charge is -2.51. The van der Waals surface area contributed by atoms with Crippen molar-refractivity contribution in [3.63, 3.8) is 0 Å². The monoisotopic (exact) mass is 707 g/mol. The van der Waals surface area contributed by atoms with E-state index in [1.807, 2.05) is 0 Å². The summed E-state index contributed by atoms with van der Waals surface area (Å²) in [6.07, 6.45) is -0.0393. The molecule has 1 aromatic heterocycles. The van der Waals surface area contributed by atoms with Crippen LogP contribution >= 0.6 is 11.8 Å². The molecule has 3 heterocycles. The van der Waals surface area contributed by atoms with Crippen LogP contribution in [0.4, 0.5) is 5.82 Å². The molecular formula is C32H49N3O9SSi2. The molecular weight excluding hydrogens is 659 g/mol. The minimum Gasteiger partial charge on any atom is -0.497 e. The molecule has 0 spiro atoms. The minimum atomic E-state index is -3.10. The Morgan fingerprint density at radius 1 is 0.979 bits per heavy atom. The van der Waals surface area contributed by atoms with Gasteiger partial charge in [0, 0.05) is 19.2 Å². The number of esters is 1. The highest BCUT2D eigenvalue weighted by Crippen LogP contribution is 2.52. The summed E-state index contributed by atoms with van der Waals surface area (Å²) in [5, 5.41) is 1.54. The molecule has 2 saturated heterocycles. The summed E-state index contributed by atoms with van der Waals surface area (Å²) in [5.74, 6) is -0.0446. The Kier molecular flexibility index (Phi) is 11.7. The van der Waals surface area contributed by atoms with Gasteiger partial charge < -0.3 is 32.5 Å². The third-order valence-electron chi connectivity index (χ3n) is 8.90. The Bertz CT molecular complexity index is 1490. The van der Waals surface area contributed by atoms with Crippen LogP contribution in [0.3, 0.4) is 0 Å². The molecule has 2 aliphatic rings. The number of rotatable bonds is 10. The number of amides is 1. The van der Waals surface area contributed by atoms with E-state index in [9.17, 15) is 14.4 Å². The number of carbonyl (C=O) groups excluding carboxylic acids is 2. The van der Waals surface area contributed by atoms with Crippen molar-refractivity contribution in [1.29, 1.82) is 0 Å². The van der Waals surface area contributed by atoms with Crippen molar-refractivity contribution in [3.05, 3.63) is 46.5 Å². The van der Waals surface area contributed by atoms with Gasteiger partial charge in [0.2, 0.25) is 5.91 Å². The fraction of sp³-hybridized carbons (Fsp3) is 0.625. The van der Waals surface area contributed by atoms with Crippen LogP contribution in [-0.2, 0) is 22.5 Å². The van der Waals surface area contributed by atoms with Gasteiger partial charge in [-0.3, -0.25) is 9.36 Å². The van der Waals surface area contributed by atoms with E-state index in [0.29, 0.717) is 12.4 Å². The highest BCUT2D eigenvalue weighted by atomic mass is 32.2. The Morgan fingerprint density at radius 2 is 1.62 bits per heavy atom. The van der Waals surface area contributed by atoms with Crippen LogP contribution in [0.1, 0.15) is 78.0 Å². The van der Waals surface area contributed by atoms with Gasteiger partial charge in [0.25, 0.3) is 0 Å². The van der Waals surface area contributed by atoms with E-state index in [-0.39, 0.29) is 50.5 Å². The molecule has 260 valence electrons. The van der Waals surface area contributed by atoms with Crippen molar-refractivity contribution in [3.8, 4) is 11.5 Å². The van der Waals surface area contributed by atoms with Crippen LogP contribution < -0.4 is 20.5 Å². The van der Waals surface area contributed by atoms with Gasteiger partial charge in [0.15, 0.2) is 6.10 Å². The number of ether oxygens (including phenoxy) is 3. The summed E-state index contributed by atoms with van der Waals surface area (Å²) < 4.78 is 40.3. The van der Waals surface area contributed by atoms with E-state index in [2.05, 4.69) is 65.7 Å². The molecule has 0 bridgehead atoms. The average Bonchev–Trinajstić information content (AvgIpc) is 3.30. The van der Waals surface area contributed by atoms with E-state index in [0.717, 1.165) is 0 Å². The lowest BCUT2D eigenvalue weighted by molar-refractivity contribution is -0.114. The van der Waals surface area contributed by atoms with Crippen molar-refractivity contribution in [2.45, 2.75) is 107 Å². The fourth-order valence-corrected chi connectivity index (χ4v) is 19.5. The average molecular weight is 708 g/mol. The molecule has 0 saturated carbocycles. The number of thioether (sulfide) groups is 1. The predicted molar refractivity (Wildman–Crippen MR) is 186 cm³/mol. The van der Waals surface area contributed by atoms with Gasteiger partial charge in [-0.25, -0.2) is 9.59 Å².